The van der Waals surface area contributed by atoms with Crippen molar-refractivity contribution in [1.29, 1.82) is 5.26 Å². The highest BCUT2D eigenvalue weighted by Crippen LogP contribution is 2.32. The highest BCUT2D eigenvalue weighted by atomic mass is 35.5. The quantitative estimate of drug-likeness (QED) is 0.802. The third kappa shape index (κ3) is 2.41. The van der Waals surface area contributed by atoms with Crippen LogP contribution in [0.25, 0.3) is 11.1 Å². The zero-order chi connectivity index (χ0) is 12.3. The summed E-state index contributed by atoms with van der Waals surface area (Å²) in [6.07, 6.45) is 0. The van der Waals surface area contributed by atoms with Crippen LogP contribution in [0, 0.1) is 11.3 Å². The predicted molar refractivity (Wildman–Crippen MR) is 68.2 cm³/mol. The van der Waals surface area contributed by atoms with Gasteiger partial charge in [0.05, 0.1) is 18.7 Å². The van der Waals surface area contributed by atoms with E-state index in [1.807, 2.05) is 24.3 Å². The third-order valence-corrected chi connectivity index (χ3v) is 2.70. The number of nitrogens with zero attached hydrogens (tertiary/aromatic N) is 1. The van der Waals surface area contributed by atoms with Crippen LogP contribution in [0.4, 0.5) is 0 Å². The Balaban J connectivity index is 2.56. The van der Waals surface area contributed by atoms with Gasteiger partial charge in [0.25, 0.3) is 0 Å². The summed E-state index contributed by atoms with van der Waals surface area (Å²) in [5.74, 6) is 0.701. The first-order valence-corrected chi connectivity index (χ1v) is 5.46. The zero-order valence-electron chi connectivity index (χ0n) is 9.27. The fourth-order valence-corrected chi connectivity index (χ4v) is 1.82. The summed E-state index contributed by atoms with van der Waals surface area (Å²) in [5, 5.41) is 9.50. The van der Waals surface area contributed by atoms with Crippen molar-refractivity contribution >= 4 is 11.6 Å². The smallest absolute Gasteiger partial charge is 0.128 e. The van der Waals surface area contributed by atoms with Crippen molar-refractivity contribution in [2.75, 3.05) is 7.11 Å². The average Bonchev–Trinajstić information content (AvgIpc) is 2.38. The van der Waals surface area contributed by atoms with Crippen LogP contribution in [0.1, 0.15) is 5.56 Å². The molecule has 2 aromatic rings. The summed E-state index contributed by atoms with van der Waals surface area (Å²) in [4.78, 5) is 0. The molecule has 0 unspecified atom stereocenters. The second kappa shape index (κ2) is 4.90. The maximum absolute atomic E-state index is 8.88. The van der Waals surface area contributed by atoms with E-state index in [2.05, 4.69) is 6.07 Å². The number of halogens is 1. The summed E-state index contributed by atoms with van der Waals surface area (Å²) in [6.45, 7) is 0. The molecule has 0 aromatic heterocycles. The van der Waals surface area contributed by atoms with Gasteiger partial charge in [-0.15, -0.1) is 0 Å². The van der Waals surface area contributed by atoms with Gasteiger partial charge < -0.3 is 4.74 Å². The number of benzene rings is 2. The zero-order valence-corrected chi connectivity index (χ0v) is 10.0. The molecule has 0 N–H and O–H groups in total. The largest absolute Gasteiger partial charge is 0.496 e. The van der Waals surface area contributed by atoms with Crippen LogP contribution in [0.5, 0.6) is 5.75 Å². The van der Waals surface area contributed by atoms with Crippen molar-refractivity contribution in [2.45, 2.75) is 0 Å². The molecule has 2 aromatic carbocycles. The summed E-state index contributed by atoms with van der Waals surface area (Å²) < 4.78 is 5.29. The van der Waals surface area contributed by atoms with Crippen molar-refractivity contribution in [1.82, 2.24) is 0 Å². The first kappa shape index (κ1) is 11.5. The van der Waals surface area contributed by atoms with Gasteiger partial charge in [0.15, 0.2) is 0 Å². The monoisotopic (exact) mass is 243 g/mol. The van der Waals surface area contributed by atoms with E-state index in [4.69, 9.17) is 21.6 Å². The Labute approximate surface area is 105 Å². The highest BCUT2D eigenvalue weighted by Gasteiger charge is 2.06. The summed E-state index contributed by atoms with van der Waals surface area (Å²) in [7, 11) is 1.60. The number of hydrogen-bond acceptors (Lipinski definition) is 2. The predicted octanol–water partition coefficient (Wildman–Crippen LogP) is 3.89. The van der Waals surface area contributed by atoms with Crippen LogP contribution in [0.15, 0.2) is 42.5 Å². The SMILES string of the molecule is COc1cc(Cl)ccc1-c1cccc(C#N)c1. The second-order valence-electron chi connectivity index (χ2n) is 3.54. The molecule has 0 bridgehead atoms. The fraction of sp³-hybridized carbons (Fsp3) is 0.0714. The van der Waals surface area contributed by atoms with E-state index in [1.165, 1.54) is 0 Å². The molecule has 0 spiro atoms. The van der Waals surface area contributed by atoms with Crippen LogP contribution in [0.3, 0.4) is 0 Å². The minimum Gasteiger partial charge on any atom is -0.496 e. The first-order chi connectivity index (χ1) is 8.24. The van der Waals surface area contributed by atoms with Gasteiger partial charge in [0, 0.05) is 10.6 Å². The van der Waals surface area contributed by atoms with Gasteiger partial charge >= 0.3 is 0 Å². The Morgan fingerprint density at radius 1 is 1.18 bits per heavy atom. The van der Waals surface area contributed by atoms with Crippen molar-refractivity contribution < 1.29 is 4.74 Å². The molecule has 2 rings (SSSR count). The van der Waals surface area contributed by atoms with Crippen molar-refractivity contribution in [3.05, 3.63) is 53.1 Å². The topological polar surface area (TPSA) is 33.0 Å². The maximum Gasteiger partial charge on any atom is 0.128 e. The van der Waals surface area contributed by atoms with Gasteiger partial charge in [-0.3, -0.25) is 0 Å². The standard InChI is InChI=1S/C14H10ClNO/c1-17-14-8-12(15)5-6-13(14)11-4-2-3-10(7-11)9-16/h2-8H,1H3. The lowest BCUT2D eigenvalue weighted by molar-refractivity contribution is 0.416. The summed E-state index contributed by atoms with van der Waals surface area (Å²) >= 11 is 5.91. The van der Waals surface area contributed by atoms with Gasteiger partial charge in [-0.05, 0) is 35.9 Å². The van der Waals surface area contributed by atoms with Crippen LogP contribution in [0.2, 0.25) is 5.02 Å². The molecule has 3 heteroatoms. The molecule has 0 amide bonds. The molecule has 0 fully saturated rings. The fourth-order valence-electron chi connectivity index (χ4n) is 1.66. The molecule has 17 heavy (non-hydrogen) atoms. The minimum atomic E-state index is 0.625. The van der Waals surface area contributed by atoms with Gasteiger partial charge in [-0.25, -0.2) is 0 Å². The number of methoxy groups -OCH3 is 1. The third-order valence-electron chi connectivity index (χ3n) is 2.47. The van der Waals surface area contributed by atoms with Crippen LogP contribution in [-0.2, 0) is 0 Å². The molecular weight excluding hydrogens is 234 g/mol. The van der Waals surface area contributed by atoms with E-state index >= 15 is 0 Å². The Morgan fingerprint density at radius 3 is 2.71 bits per heavy atom. The van der Waals surface area contributed by atoms with E-state index < -0.39 is 0 Å². The van der Waals surface area contributed by atoms with E-state index in [0.29, 0.717) is 16.3 Å². The molecule has 2 nitrogen and oxygen atoms in total. The average molecular weight is 244 g/mol. The van der Waals surface area contributed by atoms with Crippen molar-refractivity contribution in [3.63, 3.8) is 0 Å². The Kier molecular flexibility index (Phi) is 3.32. The molecule has 0 heterocycles. The second-order valence-corrected chi connectivity index (χ2v) is 3.97. The van der Waals surface area contributed by atoms with E-state index in [0.717, 1.165) is 11.1 Å². The van der Waals surface area contributed by atoms with Crippen LogP contribution in [-0.4, -0.2) is 7.11 Å². The molecule has 0 saturated heterocycles. The molecule has 84 valence electrons. The number of rotatable bonds is 2. The molecule has 0 atom stereocenters. The summed E-state index contributed by atoms with van der Waals surface area (Å²) in [6, 6.07) is 15.0. The van der Waals surface area contributed by atoms with Crippen molar-refractivity contribution in [3.8, 4) is 22.9 Å². The Bertz CT molecular complexity index is 587. The van der Waals surface area contributed by atoms with Gasteiger partial charge in [0.1, 0.15) is 5.75 Å². The lowest BCUT2D eigenvalue weighted by Crippen LogP contribution is -1.88. The Hall–Kier alpha value is -1.98. The lowest BCUT2D eigenvalue weighted by Gasteiger charge is -2.09. The number of hydrogen-bond donors (Lipinski definition) is 0. The molecule has 0 aliphatic carbocycles. The molecule has 0 saturated carbocycles. The van der Waals surface area contributed by atoms with Crippen LogP contribution < -0.4 is 4.74 Å². The van der Waals surface area contributed by atoms with Crippen LogP contribution >= 0.6 is 11.6 Å². The normalized spacial score (nSPS) is 9.71. The van der Waals surface area contributed by atoms with Gasteiger partial charge in [0.2, 0.25) is 0 Å². The maximum atomic E-state index is 8.88. The van der Waals surface area contributed by atoms with E-state index in [-0.39, 0.29) is 0 Å². The first-order valence-electron chi connectivity index (χ1n) is 5.08. The Morgan fingerprint density at radius 2 is 2.00 bits per heavy atom. The molecule has 0 aliphatic heterocycles. The lowest BCUT2D eigenvalue weighted by atomic mass is 10.0. The highest BCUT2D eigenvalue weighted by molar-refractivity contribution is 6.30. The van der Waals surface area contributed by atoms with E-state index in [1.54, 1.807) is 25.3 Å². The number of ether oxygens (including phenoxy) is 1. The molecule has 0 aliphatic rings. The minimum absolute atomic E-state index is 0.625. The number of nitriles is 1. The van der Waals surface area contributed by atoms with Gasteiger partial charge in [-0.2, -0.15) is 5.26 Å². The van der Waals surface area contributed by atoms with Crippen molar-refractivity contribution in [2.24, 2.45) is 0 Å². The van der Waals surface area contributed by atoms with Gasteiger partial charge in [-0.1, -0.05) is 23.7 Å². The molecule has 0 radical (unpaired) electrons. The van der Waals surface area contributed by atoms with E-state index in [9.17, 15) is 0 Å². The summed E-state index contributed by atoms with van der Waals surface area (Å²) in [5.41, 5.74) is 2.49. The molecular formula is C14H10ClNO.